The van der Waals surface area contributed by atoms with E-state index in [1.807, 2.05) is 146 Å². The van der Waals surface area contributed by atoms with E-state index in [1.54, 1.807) is 0 Å². The highest BCUT2D eigenvalue weighted by molar-refractivity contribution is 8.00. The van der Waals surface area contributed by atoms with E-state index in [0.29, 0.717) is 32.0 Å². The molecular formula is C41H40O6S. The molecule has 1 fully saturated rings. The third-order valence-corrected chi connectivity index (χ3v) is 9.37. The van der Waals surface area contributed by atoms with Crippen LogP contribution in [0.4, 0.5) is 0 Å². The van der Waals surface area contributed by atoms with Crippen LogP contribution in [0.3, 0.4) is 0 Å². The molecule has 0 amide bonds. The van der Waals surface area contributed by atoms with Crippen molar-refractivity contribution >= 4 is 18.0 Å². The lowest BCUT2D eigenvalue weighted by Crippen LogP contribution is -2.60. The Morgan fingerprint density at radius 3 is 1.48 bits per heavy atom. The van der Waals surface area contributed by atoms with E-state index in [4.69, 9.17) is 23.7 Å². The predicted octanol–water partition coefficient (Wildman–Crippen LogP) is 8.29. The van der Waals surface area contributed by atoms with Crippen molar-refractivity contribution in [2.24, 2.45) is 0 Å². The van der Waals surface area contributed by atoms with Gasteiger partial charge in [-0.25, -0.2) is 0 Å². The van der Waals surface area contributed by atoms with E-state index in [9.17, 15) is 4.79 Å². The van der Waals surface area contributed by atoms with Gasteiger partial charge in [-0.05, 0) is 28.3 Å². The fourth-order valence-corrected chi connectivity index (χ4v) is 6.88. The van der Waals surface area contributed by atoms with Crippen LogP contribution in [0.25, 0.3) is 0 Å². The highest BCUT2D eigenvalue weighted by Crippen LogP contribution is 2.39. The van der Waals surface area contributed by atoms with Gasteiger partial charge in [0.15, 0.2) is 6.29 Å². The quantitative estimate of drug-likeness (QED) is 0.0988. The first-order chi connectivity index (χ1) is 23.8. The lowest BCUT2D eigenvalue weighted by molar-refractivity contribution is -0.254. The van der Waals surface area contributed by atoms with Crippen LogP contribution in [0.2, 0.25) is 0 Å². The monoisotopic (exact) mass is 660 g/mol. The van der Waals surface area contributed by atoms with Gasteiger partial charge in [0.1, 0.15) is 29.9 Å². The van der Waals surface area contributed by atoms with Crippen LogP contribution >= 0.6 is 11.8 Å². The van der Waals surface area contributed by atoms with Crippen LogP contribution in [0.1, 0.15) is 32.6 Å². The van der Waals surface area contributed by atoms with Gasteiger partial charge in [0.2, 0.25) is 0 Å². The summed E-state index contributed by atoms with van der Waals surface area (Å²) in [5, 5.41) is 0. The Balaban J connectivity index is 1.34. The van der Waals surface area contributed by atoms with Crippen molar-refractivity contribution in [2.45, 2.75) is 61.2 Å². The molecule has 0 aromatic heterocycles. The van der Waals surface area contributed by atoms with Gasteiger partial charge in [-0.15, -0.1) is 0 Å². The minimum Gasteiger partial charge on any atom is -0.374 e. The summed E-state index contributed by atoms with van der Waals surface area (Å²) in [4.78, 5) is 12.9. The predicted molar refractivity (Wildman–Crippen MR) is 188 cm³/mol. The second-order valence-electron chi connectivity index (χ2n) is 11.6. The minimum absolute atomic E-state index is 0.275. The molecule has 0 aliphatic carbocycles. The largest absolute Gasteiger partial charge is 0.374 e. The van der Waals surface area contributed by atoms with E-state index in [2.05, 4.69) is 0 Å². The van der Waals surface area contributed by atoms with Crippen molar-refractivity contribution in [3.05, 3.63) is 173 Å². The lowest BCUT2D eigenvalue weighted by Gasteiger charge is -2.46. The molecule has 0 saturated carbocycles. The Hall–Kier alpha value is -4.08. The number of aldehydes is 1. The SMILES string of the molecule is O=Cc1ccccc1S[C@@H]1O[C@H](COCc2ccccc2)[C@H](OCc2ccccc2)[C@H](OCc2ccccc2)[C@H]1OCc1ccccc1. The molecule has 6 nitrogen and oxygen atoms in total. The highest BCUT2D eigenvalue weighted by atomic mass is 32.2. The van der Waals surface area contributed by atoms with Crippen molar-refractivity contribution in [1.82, 2.24) is 0 Å². The van der Waals surface area contributed by atoms with Crippen LogP contribution in [-0.2, 0) is 50.1 Å². The molecule has 0 radical (unpaired) electrons. The third kappa shape index (κ3) is 9.51. The number of hydrogen-bond donors (Lipinski definition) is 0. The maximum Gasteiger partial charge on any atom is 0.151 e. The lowest BCUT2D eigenvalue weighted by atomic mass is 9.98. The summed E-state index contributed by atoms with van der Waals surface area (Å²) < 4.78 is 33.5. The van der Waals surface area contributed by atoms with Crippen molar-refractivity contribution < 1.29 is 28.5 Å². The van der Waals surface area contributed by atoms with Crippen molar-refractivity contribution in [2.75, 3.05) is 6.61 Å². The standard InChI is InChI=1S/C41H40O6S/c42-25-35-23-13-14-24-37(35)48-41-40(46-29-34-21-11-4-12-22-34)39(45-28-33-19-9-3-10-20-33)38(44-27-32-17-7-2-8-18-32)36(47-41)30-43-26-31-15-5-1-6-16-31/h1-25,36,38-41H,26-30H2/t36-,38+,39+,40-,41+/m1/s1. The zero-order valence-corrected chi connectivity index (χ0v) is 27.5. The maximum atomic E-state index is 12.0. The summed E-state index contributed by atoms with van der Waals surface area (Å²) in [5.41, 5.74) is 4.25. The molecule has 6 rings (SSSR count). The highest BCUT2D eigenvalue weighted by Gasteiger charge is 2.49. The Bertz CT molecular complexity index is 1650. The number of carbonyl (C=O) groups is 1. The fourth-order valence-electron chi connectivity index (χ4n) is 5.65. The molecule has 1 aliphatic rings. The third-order valence-electron chi connectivity index (χ3n) is 8.13. The van der Waals surface area contributed by atoms with Crippen molar-refractivity contribution in [3.8, 4) is 0 Å². The maximum absolute atomic E-state index is 12.0. The minimum atomic E-state index is -0.551. The van der Waals surface area contributed by atoms with Crippen LogP contribution in [0.5, 0.6) is 0 Å². The van der Waals surface area contributed by atoms with Gasteiger partial charge in [-0.3, -0.25) is 4.79 Å². The average Bonchev–Trinajstić information content (AvgIpc) is 3.15. The van der Waals surface area contributed by atoms with Gasteiger partial charge in [-0.2, -0.15) is 0 Å². The summed E-state index contributed by atoms with van der Waals surface area (Å²) in [5.74, 6) is 0. The number of thioether (sulfide) groups is 1. The molecule has 7 heteroatoms. The van der Waals surface area contributed by atoms with Crippen molar-refractivity contribution in [3.63, 3.8) is 0 Å². The number of benzene rings is 5. The Morgan fingerprint density at radius 1 is 0.521 bits per heavy atom. The summed E-state index contributed by atoms with van der Waals surface area (Å²) in [7, 11) is 0. The van der Waals surface area contributed by atoms with Crippen LogP contribution in [-0.4, -0.2) is 42.7 Å². The van der Waals surface area contributed by atoms with Gasteiger partial charge < -0.3 is 23.7 Å². The molecule has 48 heavy (non-hydrogen) atoms. The summed E-state index contributed by atoms with van der Waals surface area (Å²) in [6, 6.07) is 47.9. The van der Waals surface area contributed by atoms with E-state index >= 15 is 0 Å². The first kappa shape index (κ1) is 33.8. The van der Waals surface area contributed by atoms with Gasteiger partial charge in [0.05, 0.1) is 33.0 Å². The zero-order valence-electron chi connectivity index (χ0n) is 26.7. The van der Waals surface area contributed by atoms with E-state index in [0.717, 1.165) is 33.4 Å². The number of hydrogen-bond acceptors (Lipinski definition) is 7. The molecule has 0 N–H and O–H groups in total. The normalized spacial score (nSPS) is 20.7. The number of rotatable bonds is 16. The van der Waals surface area contributed by atoms with Gasteiger partial charge in [0.25, 0.3) is 0 Å². The van der Waals surface area contributed by atoms with Gasteiger partial charge >= 0.3 is 0 Å². The van der Waals surface area contributed by atoms with E-state index < -0.39 is 29.9 Å². The Kier molecular flexibility index (Phi) is 12.6. The fraction of sp³-hybridized carbons (Fsp3) is 0.244. The van der Waals surface area contributed by atoms with E-state index in [1.165, 1.54) is 11.8 Å². The first-order valence-corrected chi connectivity index (χ1v) is 17.1. The second-order valence-corrected chi connectivity index (χ2v) is 12.7. The molecular weight excluding hydrogens is 621 g/mol. The number of carbonyl (C=O) groups excluding carboxylic acids is 1. The van der Waals surface area contributed by atoms with Crippen LogP contribution in [0, 0.1) is 0 Å². The van der Waals surface area contributed by atoms with Gasteiger partial charge in [-0.1, -0.05) is 151 Å². The molecule has 1 heterocycles. The topological polar surface area (TPSA) is 63.2 Å². The summed E-state index contributed by atoms with van der Waals surface area (Å²) >= 11 is 1.46. The molecule has 1 saturated heterocycles. The molecule has 0 spiro atoms. The molecule has 5 aromatic carbocycles. The Morgan fingerprint density at radius 2 is 0.958 bits per heavy atom. The molecule has 1 aliphatic heterocycles. The molecule has 5 aromatic rings. The second kappa shape index (κ2) is 17.9. The smallest absolute Gasteiger partial charge is 0.151 e. The first-order valence-electron chi connectivity index (χ1n) is 16.2. The molecule has 5 atom stereocenters. The van der Waals surface area contributed by atoms with E-state index in [-0.39, 0.29) is 6.61 Å². The zero-order chi connectivity index (χ0) is 32.8. The average molecular weight is 661 g/mol. The summed E-state index contributed by atoms with van der Waals surface area (Å²) in [6.45, 7) is 1.79. The summed E-state index contributed by atoms with van der Waals surface area (Å²) in [6.07, 6.45) is -1.22. The van der Waals surface area contributed by atoms with Crippen LogP contribution < -0.4 is 0 Å². The molecule has 246 valence electrons. The van der Waals surface area contributed by atoms with Crippen LogP contribution in [0.15, 0.2) is 150 Å². The Labute approximate surface area is 287 Å². The number of ether oxygens (including phenoxy) is 5. The molecule has 0 bridgehead atoms. The molecule has 0 unspecified atom stereocenters. The van der Waals surface area contributed by atoms with Crippen molar-refractivity contribution in [1.29, 1.82) is 0 Å². The van der Waals surface area contributed by atoms with Gasteiger partial charge in [0, 0.05) is 10.5 Å².